The van der Waals surface area contributed by atoms with E-state index in [1.54, 1.807) is 6.20 Å². The van der Waals surface area contributed by atoms with Crippen LogP contribution in [-0.2, 0) is 13.0 Å². The molecule has 0 unspecified atom stereocenters. The maximum absolute atomic E-state index is 12.6. The first-order chi connectivity index (χ1) is 12.8. The lowest BCUT2D eigenvalue weighted by atomic mass is 9.92. The van der Waals surface area contributed by atoms with Gasteiger partial charge in [-0.3, -0.25) is 4.68 Å². The second-order valence-electron chi connectivity index (χ2n) is 8.57. The Hall–Kier alpha value is -2.30. The molecule has 0 radical (unpaired) electrons. The van der Waals surface area contributed by atoms with Crippen LogP contribution in [0.3, 0.4) is 0 Å². The number of hydrogen-bond acceptors (Lipinski definition) is 2. The van der Waals surface area contributed by atoms with Gasteiger partial charge in [0.15, 0.2) is 0 Å². The molecule has 5 nitrogen and oxygen atoms in total. The Bertz CT molecular complexity index is 770. The van der Waals surface area contributed by atoms with E-state index in [-0.39, 0.29) is 6.03 Å². The highest BCUT2D eigenvalue weighted by molar-refractivity contribution is 5.90. The Kier molecular flexibility index (Phi) is 5.88. The van der Waals surface area contributed by atoms with Crippen LogP contribution >= 0.6 is 0 Å². The molecule has 1 aromatic heterocycles. The number of hydrogen-bond donors (Lipinski definition) is 1. The van der Waals surface area contributed by atoms with Crippen LogP contribution in [0.25, 0.3) is 0 Å². The number of carbonyl (C=O) groups excluding carboxylic acids is 1. The summed E-state index contributed by atoms with van der Waals surface area (Å²) in [6, 6.07) is 8.68. The van der Waals surface area contributed by atoms with Crippen molar-refractivity contribution in [2.24, 2.45) is 11.8 Å². The fraction of sp³-hybridized carbons (Fsp3) is 0.545. The molecule has 1 saturated heterocycles. The van der Waals surface area contributed by atoms with E-state index in [2.05, 4.69) is 69.3 Å². The summed E-state index contributed by atoms with van der Waals surface area (Å²) < 4.78 is 2.03. The number of benzene rings is 1. The minimum Gasteiger partial charge on any atom is -0.324 e. The van der Waals surface area contributed by atoms with Crippen molar-refractivity contribution in [3.63, 3.8) is 0 Å². The number of aryl methyl sites for hydroxylation is 1. The monoisotopic (exact) mass is 368 g/mol. The van der Waals surface area contributed by atoms with Crippen LogP contribution in [0.2, 0.25) is 0 Å². The predicted octanol–water partition coefficient (Wildman–Crippen LogP) is 4.68. The van der Waals surface area contributed by atoms with Crippen molar-refractivity contribution in [3.05, 3.63) is 47.3 Å². The van der Waals surface area contributed by atoms with E-state index >= 15 is 0 Å². The second kappa shape index (κ2) is 8.15. The molecule has 0 spiro atoms. The zero-order chi connectivity index (χ0) is 19.6. The lowest BCUT2D eigenvalue weighted by Gasteiger charge is -2.39. The fourth-order valence-electron chi connectivity index (χ4n) is 3.71. The highest BCUT2D eigenvalue weighted by Crippen LogP contribution is 2.27. The number of urea groups is 1. The summed E-state index contributed by atoms with van der Waals surface area (Å²) in [5.74, 6) is 1.38. The van der Waals surface area contributed by atoms with E-state index in [0.717, 1.165) is 37.4 Å². The summed E-state index contributed by atoms with van der Waals surface area (Å²) in [4.78, 5) is 14.5. The highest BCUT2D eigenvalue weighted by Gasteiger charge is 2.31. The number of nitrogens with one attached hydrogen (secondary N) is 1. The number of nitrogens with zero attached hydrogens (tertiary/aromatic N) is 3. The number of carbonyl (C=O) groups is 1. The van der Waals surface area contributed by atoms with Gasteiger partial charge in [0, 0.05) is 19.6 Å². The topological polar surface area (TPSA) is 50.2 Å². The third kappa shape index (κ3) is 4.71. The maximum Gasteiger partial charge on any atom is 0.321 e. The molecule has 2 heterocycles. The Labute approximate surface area is 162 Å². The molecule has 1 fully saturated rings. The Morgan fingerprint density at radius 2 is 1.85 bits per heavy atom. The number of rotatable bonds is 6. The highest BCUT2D eigenvalue weighted by atomic mass is 16.2. The molecule has 0 atom stereocenters. The zero-order valence-electron chi connectivity index (χ0n) is 17.2. The van der Waals surface area contributed by atoms with E-state index in [1.165, 1.54) is 11.1 Å². The molecule has 0 saturated carbocycles. The predicted molar refractivity (Wildman–Crippen MR) is 110 cm³/mol. The summed E-state index contributed by atoms with van der Waals surface area (Å²) in [7, 11) is 0. The summed E-state index contributed by atoms with van der Waals surface area (Å²) in [5, 5.41) is 7.58. The SMILES string of the molecule is Cc1ccc(CC2CN(C(=O)Nc3cnn(CC(C)C)c3C(C)C)C2)cc1. The number of likely N-dealkylation sites (tertiary alicyclic amines) is 1. The van der Waals surface area contributed by atoms with Crippen molar-refractivity contribution >= 4 is 11.7 Å². The summed E-state index contributed by atoms with van der Waals surface area (Å²) in [6.07, 6.45) is 2.83. The van der Waals surface area contributed by atoms with E-state index in [0.29, 0.717) is 17.8 Å². The minimum absolute atomic E-state index is 0.0128. The van der Waals surface area contributed by atoms with E-state index in [1.807, 2.05) is 9.58 Å². The summed E-state index contributed by atoms with van der Waals surface area (Å²) in [5.41, 5.74) is 4.58. The quantitative estimate of drug-likeness (QED) is 0.805. The lowest BCUT2D eigenvalue weighted by Crippen LogP contribution is -2.52. The van der Waals surface area contributed by atoms with Crippen molar-refractivity contribution in [1.29, 1.82) is 0 Å². The maximum atomic E-state index is 12.6. The van der Waals surface area contributed by atoms with Gasteiger partial charge in [0.05, 0.1) is 17.6 Å². The zero-order valence-corrected chi connectivity index (χ0v) is 17.2. The molecule has 27 heavy (non-hydrogen) atoms. The third-order valence-corrected chi connectivity index (χ3v) is 5.10. The average Bonchev–Trinajstić information content (AvgIpc) is 2.93. The van der Waals surface area contributed by atoms with Crippen LogP contribution in [0, 0.1) is 18.8 Å². The van der Waals surface area contributed by atoms with Gasteiger partial charge in [-0.25, -0.2) is 4.79 Å². The Morgan fingerprint density at radius 1 is 1.19 bits per heavy atom. The Balaban J connectivity index is 1.56. The van der Waals surface area contributed by atoms with Crippen molar-refractivity contribution < 1.29 is 4.79 Å². The Morgan fingerprint density at radius 3 is 2.44 bits per heavy atom. The van der Waals surface area contributed by atoms with Crippen molar-refractivity contribution in [2.75, 3.05) is 18.4 Å². The number of anilines is 1. The molecule has 146 valence electrons. The number of aromatic nitrogens is 2. The normalized spacial score (nSPS) is 14.7. The van der Waals surface area contributed by atoms with Crippen molar-refractivity contribution in [3.8, 4) is 0 Å². The van der Waals surface area contributed by atoms with Crippen LogP contribution in [0.1, 0.15) is 50.4 Å². The molecule has 1 N–H and O–H groups in total. The van der Waals surface area contributed by atoms with Crippen LogP contribution < -0.4 is 5.32 Å². The summed E-state index contributed by atoms with van der Waals surface area (Å²) >= 11 is 0. The molecule has 2 aromatic rings. The molecule has 5 heteroatoms. The van der Waals surface area contributed by atoms with Gasteiger partial charge >= 0.3 is 6.03 Å². The van der Waals surface area contributed by atoms with Crippen LogP contribution in [0.4, 0.5) is 10.5 Å². The van der Waals surface area contributed by atoms with Gasteiger partial charge in [0.2, 0.25) is 0 Å². The molecule has 1 aliphatic rings. The smallest absolute Gasteiger partial charge is 0.321 e. The van der Waals surface area contributed by atoms with Crippen LogP contribution in [0.5, 0.6) is 0 Å². The molecule has 1 aromatic carbocycles. The van der Waals surface area contributed by atoms with Gasteiger partial charge in [-0.05, 0) is 36.7 Å². The molecular formula is C22H32N4O. The van der Waals surface area contributed by atoms with Gasteiger partial charge in [0.1, 0.15) is 0 Å². The fourth-order valence-corrected chi connectivity index (χ4v) is 3.71. The molecular weight excluding hydrogens is 336 g/mol. The molecule has 1 aliphatic heterocycles. The van der Waals surface area contributed by atoms with Gasteiger partial charge < -0.3 is 10.2 Å². The molecule has 2 amide bonds. The first kappa shape index (κ1) is 19.5. The molecule has 0 bridgehead atoms. The van der Waals surface area contributed by atoms with E-state index in [9.17, 15) is 4.79 Å². The van der Waals surface area contributed by atoms with Crippen LogP contribution in [0.15, 0.2) is 30.5 Å². The molecule has 0 aliphatic carbocycles. The molecule has 3 rings (SSSR count). The van der Waals surface area contributed by atoms with Crippen LogP contribution in [-0.4, -0.2) is 33.8 Å². The van der Waals surface area contributed by atoms with Gasteiger partial charge in [-0.1, -0.05) is 57.5 Å². The van der Waals surface area contributed by atoms with E-state index < -0.39 is 0 Å². The van der Waals surface area contributed by atoms with Gasteiger partial charge in [0.25, 0.3) is 0 Å². The van der Waals surface area contributed by atoms with Gasteiger partial charge in [-0.15, -0.1) is 0 Å². The standard InChI is InChI=1S/C22H32N4O/c1-15(2)12-26-21(16(3)4)20(11-23-26)24-22(27)25-13-19(14-25)10-18-8-6-17(5)7-9-18/h6-9,11,15-16,19H,10,12-14H2,1-5H3,(H,24,27). The third-order valence-electron chi connectivity index (χ3n) is 5.10. The first-order valence-corrected chi connectivity index (χ1v) is 10.0. The van der Waals surface area contributed by atoms with Crippen molar-refractivity contribution in [1.82, 2.24) is 14.7 Å². The lowest BCUT2D eigenvalue weighted by molar-refractivity contribution is 0.131. The summed E-state index contributed by atoms with van der Waals surface area (Å²) in [6.45, 7) is 13.2. The number of amides is 2. The van der Waals surface area contributed by atoms with Gasteiger partial charge in [-0.2, -0.15) is 5.10 Å². The largest absolute Gasteiger partial charge is 0.324 e. The average molecular weight is 369 g/mol. The van der Waals surface area contributed by atoms with Crippen molar-refractivity contribution in [2.45, 2.75) is 53.5 Å². The minimum atomic E-state index is -0.0128. The first-order valence-electron chi connectivity index (χ1n) is 10.0. The van der Waals surface area contributed by atoms with E-state index in [4.69, 9.17) is 0 Å². The second-order valence-corrected chi connectivity index (χ2v) is 8.57.